The summed E-state index contributed by atoms with van der Waals surface area (Å²) in [5.41, 5.74) is 3.92. The largest absolute Gasteiger partial charge is 0.489 e. The summed E-state index contributed by atoms with van der Waals surface area (Å²) in [6.07, 6.45) is 11.8. The van der Waals surface area contributed by atoms with E-state index in [4.69, 9.17) is 4.74 Å². The zero-order chi connectivity index (χ0) is 17.6. The third-order valence-corrected chi connectivity index (χ3v) is 3.97. The molecule has 1 aromatic carbocycles. The minimum absolute atomic E-state index is 0.639. The van der Waals surface area contributed by atoms with E-state index in [-0.39, 0.29) is 0 Å². The van der Waals surface area contributed by atoms with Crippen LogP contribution in [0.25, 0.3) is 0 Å². The Labute approximate surface area is 149 Å². The predicted octanol–water partition coefficient (Wildman–Crippen LogP) is 6.75. The Bertz CT molecular complexity index is 512. The van der Waals surface area contributed by atoms with Gasteiger partial charge in [-0.2, -0.15) is 0 Å². The second-order valence-electron chi connectivity index (χ2n) is 6.70. The first-order chi connectivity index (χ1) is 11.6. The van der Waals surface area contributed by atoms with Crippen LogP contribution in [0.4, 0.5) is 5.69 Å². The van der Waals surface area contributed by atoms with Gasteiger partial charge in [0.15, 0.2) is 0 Å². The van der Waals surface area contributed by atoms with Crippen LogP contribution in [0.1, 0.15) is 66.2 Å². The highest BCUT2D eigenvalue weighted by Gasteiger charge is 1.97. The van der Waals surface area contributed by atoms with Crippen molar-refractivity contribution in [1.29, 1.82) is 0 Å². The van der Waals surface area contributed by atoms with Crippen molar-refractivity contribution < 1.29 is 4.74 Å². The van der Waals surface area contributed by atoms with Crippen LogP contribution in [-0.4, -0.2) is 13.2 Å². The fourth-order valence-electron chi connectivity index (χ4n) is 2.45. The summed E-state index contributed by atoms with van der Waals surface area (Å²) >= 11 is 0. The first kappa shape index (κ1) is 20.3. The SMILES string of the molecule is CCCCCCNc1cccc(OC/C=C(\C)CCC=C(C)C)c1. The maximum Gasteiger partial charge on any atom is 0.121 e. The average Bonchev–Trinajstić information content (AvgIpc) is 2.55. The zero-order valence-electron chi connectivity index (χ0n) is 16.0. The van der Waals surface area contributed by atoms with Crippen molar-refractivity contribution in [2.24, 2.45) is 0 Å². The topological polar surface area (TPSA) is 21.3 Å². The Hall–Kier alpha value is -1.70. The lowest BCUT2D eigenvalue weighted by Crippen LogP contribution is -2.02. The molecule has 0 heterocycles. The van der Waals surface area contributed by atoms with Gasteiger partial charge in [-0.1, -0.05) is 49.5 Å². The average molecular weight is 330 g/mol. The van der Waals surface area contributed by atoms with Gasteiger partial charge in [0.1, 0.15) is 12.4 Å². The highest BCUT2D eigenvalue weighted by atomic mass is 16.5. The smallest absolute Gasteiger partial charge is 0.121 e. The molecular weight excluding hydrogens is 294 g/mol. The maximum atomic E-state index is 5.86. The fourth-order valence-corrected chi connectivity index (χ4v) is 2.45. The Kier molecular flexibility index (Phi) is 10.8. The second-order valence-corrected chi connectivity index (χ2v) is 6.70. The normalized spacial score (nSPS) is 11.2. The minimum Gasteiger partial charge on any atom is -0.489 e. The molecule has 0 bridgehead atoms. The van der Waals surface area contributed by atoms with Gasteiger partial charge in [-0.15, -0.1) is 0 Å². The molecule has 24 heavy (non-hydrogen) atoms. The van der Waals surface area contributed by atoms with Gasteiger partial charge in [0.25, 0.3) is 0 Å². The zero-order valence-corrected chi connectivity index (χ0v) is 16.0. The van der Waals surface area contributed by atoms with Crippen LogP contribution in [0.5, 0.6) is 5.75 Å². The highest BCUT2D eigenvalue weighted by molar-refractivity contribution is 5.48. The summed E-state index contributed by atoms with van der Waals surface area (Å²) in [5, 5.41) is 3.48. The molecule has 0 aliphatic rings. The lowest BCUT2D eigenvalue weighted by atomic mass is 10.1. The molecule has 1 rings (SSSR count). The summed E-state index contributed by atoms with van der Waals surface area (Å²) in [4.78, 5) is 0. The molecule has 0 aliphatic heterocycles. The Morgan fingerprint density at radius 3 is 2.67 bits per heavy atom. The van der Waals surface area contributed by atoms with Crippen LogP contribution >= 0.6 is 0 Å². The number of allylic oxidation sites excluding steroid dienone is 3. The molecule has 0 fully saturated rings. The summed E-state index contributed by atoms with van der Waals surface area (Å²) < 4.78 is 5.86. The van der Waals surface area contributed by atoms with Crippen molar-refractivity contribution in [3.63, 3.8) is 0 Å². The van der Waals surface area contributed by atoms with Gasteiger partial charge in [-0.3, -0.25) is 0 Å². The van der Waals surface area contributed by atoms with Crippen LogP contribution in [-0.2, 0) is 0 Å². The van der Waals surface area contributed by atoms with Gasteiger partial charge >= 0.3 is 0 Å². The van der Waals surface area contributed by atoms with Gasteiger partial charge in [0.2, 0.25) is 0 Å². The van der Waals surface area contributed by atoms with Crippen LogP contribution in [0.3, 0.4) is 0 Å². The first-order valence-electron chi connectivity index (χ1n) is 9.37. The first-order valence-corrected chi connectivity index (χ1v) is 9.37. The van der Waals surface area contributed by atoms with Crippen LogP contribution in [0.2, 0.25) is 0 Å². The number of hydrogen-bond acceptors (Lipinski definition) is 2. The third-order valence-electron chi connectivity index (χ3n) is 3.97. The van der Waals surface area contributed by atoms with E-state index in [9.17, 15) is 0 Å². The summed E-state index contributed by atoms with van der Waals surface area (Å²) in [6.45, 7) is 10.4. The molecule has 0 saturated carbocycles. The third kappa shape index (κ3) is 10.1. The van der Waals surface area contributed by atoms with E-state index >= 15 is 0 Å². The molecule has 2 heteroatoms. The Morgan fingerprint density at radius 2 is 1.92 bits per heavy atom. The molecular formula is C22H35NO. The van der Waals surface area contributed by atoms with Gasteiger partial charge in [0.05, 0.1) is 0 Å². The number of unbranched alkanes of at least 4 members (excludes halogenated alkanes) is 3. The number of anilines is 1. The quantitative estimate of drug-likeness (QED) is 0.338. The van der Waals surface area contributed by atoms with E-state index in [1.165, 1.54) is 36.8 Å². The van der Waals surface area contributed by atoms with E-state index in [2.05, 4.69) is 63.4 Å². The van der Waals surface area contributed by atoms with E-state index < -0.39 is 0 Å². The van der Waals surface area contributed by atoms with Crippen molar-refractivity contribution >= 4 is 5.69 Å². The van der Waals surface area contributed by atoms with Gasteiger partial charge in [-0.25, -0.2) is 0 Å². The molecule has 0 amide bonds. The van der Waals surface area contributed by atoms with Crippen molar-refractivity contribution in [1.82, 2.24) is 0 Å². The van der Waals surface area contributed by atoms with E-state index in [1.807, 2.05) is 6.07 Å². The molecule has 0 radical (unpaired) electrons. The summed E-state index contributed by atoms with van der Waals surface area (Å²) in [6, 6.07) is 8.27. The summed E-state index contributed by atoms with van der Waals surface area (Å²) in [7, 11) is 0. The molecule has 2 nitrogen and oxygen atoms in total. The molecule has 0 aliphatic carbocycles. The van der Waals surface area contributed by atoms with Crippen molar-refractivity contribution in [2.75, 3.05) is 18.5 Å². The van der Waals surface area contributed by atoms with Gasteiger partial charge in [-0.05, 0) is 58.2 Å². The fraction of sp³-hybridized carbons (Fsp3) is 0.545. The number of ether oxygens (including phenoxy) is 1. The molecule has 0 spiro atoms. The van der Waals surface area contributed by atoms with Gasteiger partial charge < -0.3 is 10.1 Å². The molecule has 134 valence electrons. The minimum atomic E-state index is 0.639. The van der Waals surface area contributed by atoms with Crippen molar-refractivity contribution in [2.45, 2.75) is 66.2 Å². The molecule has 0 saturated heterocycles. The molecule has 0 atom stereocenters. The lowest BCUT2D eigenvalue weighted by molar-refractivity contribution is 0.362. The van der Waals surface area contributed by atoms with Crippen LogP contribution in [0.15, 0.2) is 47.6 Å². The Morgan fingerprint density at radius 1 is 1.08 bits per heavy atom. The lowest BCUT2D eigenvalue weighted by Gasteiger charge is -2.09. The van der Waals surface area contributed by atoms with Crippen molar-refractivity contribution in [3.05, 3.63) is 47.6 Å². The highest BCUT2D eigenvalue weighted by Crippen LogP contribution is 2.18. The molecule has 0 aromatic heterocycles. The Balaban J connectivity index is 2.32. The maximum absolute atomic E-state index is 5.86. The van der Waals surface area contributed by atoms with E-state index in [0.29, 0.717) is 6.61 Å². The summed E-state index contributed by atoms with van der Waals surface area (Å²) in [5.74, 6) is 0.932. The molecule has 1 N–H and O–H groups in total. The van der Waals surface area contributed by atoms with Crippen LogP contribution < -0.4 is 10.1 Å². The molecule has 0 unspecified atom stereocenters. The second kappa shape index (κ2) is 12.7. The number of nitrogens with one attached hydrogen (secondary N) is 1. The van der Waals surface area contributed by atoms with E-state index in [1.54, 1.807) is 0 Å². The molecule has 1 aromatic rings. The van der Waals surface area contributed by atoms with Crippen molar-refractivity contribution in [3.8, 4) is 5.75 Å². The monoisotopic (exact) mass is 329 g/mol. The number of rotatable bonds is 12. The van der Waals surface area contributed by atoms with Crippen LogP contribution in [0, 0.1) is 0 Å². The predicted molar refractivity (Wildman–Crippen MR) is 107 cm³/mol. The van der Waals surface area contributed by atoms with Gasteiger partial charge in [0, 0.05) is 18.3 Å². The number of hydrogen-bond donors (Lipinski definition) is 1. The number of benzene rings is 1. The van der Waals surface area contributed by atoms with E-state index in [0.717, 1.165) is 30.8 Å². The standard InChI is InChI=1S/C22H35NO/c1-5-6-7-8-16-23-21-13-10-14-22(18-21)24-17-15-20(4)12-9-11-19(2)3/h10-11,13-15,18,23H,5-9,12,16-17H2,1-4H3/b20-15+.